The number of aromatic nitrogens is 4. The van der Waals surface area contributed by atoms with Crippen LogP contribution in [-0.2, 0) is 4.74 Å². The second kappa shape index (κ2) is 20.6. The third-order valence-corrected chi connectivity index (χ3v) is 14.2. The fraction of sp³-hybridized carbons (Fsp3) is 0.654. The molecule has 2 aromatic heterocycles. The first kappa shape index (κ1) is 53.5. The van der Waals surface area contributed by atoms with E-state index in [0.717, 1.165) is 75.2 Å². The molecule has 2 N–H and O–H groups in total. The van der Waals surface area contributed by atoms with Gasteiger partial charge in [0, 0.05) is 47.3 Å². The van der Waals surface area contributed by atoms with Crippen molar-refractivity contribution in [2.75, 3.05) is 6.61 Å². The monoisotopic (exact) mass is 919 g/mol. The number of nitrogens with zero attached hydrogens (tertiary/aromatic N) is 6. The Bertz CT molecular complexity index is 2460. The molecule has 2 unspecified atom stereocenters. The van der Waals surface area contributed by atoms with Crippen molar-refractivity contribution in [3.05, 3.63) is 80.6 Å². The van der Waals surface area contributed by atoms with Crippen molar-refractivity contribution in [1.82, 2.24) is 28.9 Å². The molecule has 6 heterocycles. The SMILES string of the molecule is CC(C)(C)CC(C)(C)N1[C@@H]2CCC[C@H]1CC(n1c(=O)c(C(=O)O)nc3ccccc31)C2.CCOC(=O)c1nc2ccccc2n(C2C[C@H]3CCC[C@@H](C2)N3C(C)(C)CC(C)(C)C)c1=O.[Na+].[OH-]. The molecule has 4 fully saturated rings. The summed E-state index contributed by atoms with van der Waals surface area (Å²) in [5, 5.41) is 9.58. The zero-order chi connectivity index (χ0) is 46.5. The van der Waals surface area contributed by atoms with Gasteiger partial charge in [0.2, 0.25) is 11.4 Å². The number of hydrogen-bond acceptors (Lipinski definition) is 10. The molecule has 4 saturated heterocycles. The van der Waals surface area contributed by atoms with Crippen molar-refractivity contribution in [2.45, 2.75) is 201 Å². The first-order valence-electron chi connectivity index (χ1n) is 24.0. The molecule has 0 radical (unpaired) electrons. The number of hydrogen-bond donors (Lipinski definition) is 1. The van der Waals surface area contributed by atoms with E-state index in [0.29, 0.717) is 35.2 Å². The Morgan fingerprint density at radius 1 is 0.606 bits per heavy atom. The van der Waals surface area contributed by atoms with E-state index in [2.05, 4.69) is 89.0 Å². The third-order valence-electron chi connectivity index (χ3n) is 14.2. The molecule has 0 saturated carbocycles. The normalized spacial score (nSPS) is 23.8. The molecule has 0 amide bonds. The van der Waals surface area contributed by atoms with Crippen molar-refractivity contribution >= 4 is 34.0 Å². The van der Waals surface area contributed by atoms with Gasteiger partial charge in [0.1, 0.15) is 0 Å². The second-order valence-corrected chi connectivity index (χ2v) is 22.9. The van der Waals surface area contributed by atoms with Crippen LogP contribution in [0, 0.1) is 10.8 Å². The van der Waals surface area contributed by atoms with Crippen molar-refractivity contribution in [3.63, 3.8) is 0 Å². The summed E-state index contributed by atoms with van der Waals surface area (Å²) in [6.07, 6.45) is 12.8. The minimum Gasteiger partial charge on any atom is -0.870 e. The summed E-state index contributed by atoms with van der Waals surface area (Å²) in [6.45, 7) is 25.3. The van der Waals surface area contributed by atoms with E-state index in [9.17, 15) is 24.3 Å². The van der Waals surface area contributed by atoms with Gasteiger partial charge in [-0.3, -0.25) is 19.4 Å². The molecular weight excluding hydrogens is 844 g/mol. The summed E-state index contributed by atoms with van der Waals surface area (Å²) in [7, 11) is 0. The predicted octanol–water partition coefficient (Wildman–Crippen LogP) is 7.04. The Labute approximate surface area is 413 Å². The van der Waals surface area contributed by atoms with Crippen molar-refractivity contribution in [3.8, 4) is 0 Å². The summed E-state index contributed by atoms with van der Waals surface area (Å²) in [5.74, 6) is -1.89. The van der Waals surface area contributed by atoms with Crippen LogP contribution in [-0.4, -0.2) is 93.3 Å². The van der Waals surface area contributed by atoms with Crippen LogP contribution in [0.2, 0.25) is 0 Å². The van der Waals surface area contributed by atoms with Crippen molar-refractivity contribution < 1.29 is 54.5 Å². The number of carbonyl (C=O) groups is 2. The van der Waals surface area contributed by atoms with Gasteiger partial charge in [0.25, 0.3) is 11.1 Å². The van der Waals surface area contributed by atoms with Crippen LogP contribution in [0.5, 0.6) is 0 Å². The maximum absolute atomic E-state index is 13.6. The number of carbonyl (C=O) groups excluding carboxylic acids is 1. The van der Waals surface area contributed by atoms with Crippen LogP contribution in [0.15, 0.2) is 58.1 Å². The molecule has 66 heavy (non-hydrogen) atoms. The van der Waals surface area contributed by atoms with E-state index in [1.807, 2.05) is 47.0 Å². The number of benzene rings is 2. The number of esters is 1. The predicted molar refractivity (Wildman–Crippen MR) is 256 cm³/mol. The molecule has 4 aromatic rings. The third kappa shape index (κ3) is 11.3. The van der Waals surface area contributed by atoms with E-state index in [1.54, 1.807) is 17.6 Å². The van der Waals surface area contributed by atoms with Gasteiger partial charge in [-0.15, -0.1) is 0 Å². The molecule has 14 heteroatoms. The Morgan fingerprint density at radius 3 is 1.30 bits per heavy atom. The van der Waals surface area contributed by atoms with Crippen LogP contribution in [0.3, 0.4) is 0 Å². The molecule has 4 aliphatic heterocycles. The molecule has 4 aliphatic rings. The first-order valence-corrected chi connectivity index (χ1v) is 24.0. The zero-order valence-electron chi connectivity index (χ0n) is 41.9. The minimum absolute atomic E-state index is 0. The maximum atomic E-state index is 13.6. The number of aromatic carboxylic acids is 1. The number of piperidine rings is 4. The number of fused-ring (bicyclic) bond motifs is 6. The Hall–Kier alpha value is -3.46. The van der Waals surface area contributed by atoms with Gasteiger partial charge in [-0.05, 0) is 134 Å². The minimum atomic E-state index is -1.26. The average molecular weight is 919 g/mol. The number of carboxylic acid groups (broad SMARTS) is 1. The first-order chi connectivity index (χ1) is 30.0. The van der Waals surface area contributed by atoms with E-state index in [4.69, 9.17) is 4.74 Å². The Kier molecular flexibility index (Phi) is 16.7. The van der Waals surface area contributed by atoms with E-state index < -0.39 is 17.5 Å². The number of carboxylic acids is 1. The molecule has 4 bridgehead atoms. The largest absolute Gasteiger partial charge is 1.00 e. The van der Waals surface area contributed by atoms with Gasteiger partial charge >= 0.3 is 41.5 Å². The maximum Gasteiger partial charge on any atom is 1.00 e. The van der Waals surface area contributed by atoms with Crippen molar-refractivity contribution in [1.29, 1.82) is 0 Å². The zero-order valence-corrected chi connectivity index (χ0v) is 43.9. The molecule has 6 atom stereocenters. The van der Waals surface area contributed by atoms with E-state index in [1.165, 1.54) is 12.8 Å². The number of ether oxygens (including phenoxy) is 1. The molecular formula is C52H75N6NaO7. The summed E-state index contributed by atoms with van der Waals surface area (Å²) >= 11 is 0. The number of rotatable bonds is 9. The van der Waals surface area contributed by atoms with Crippen LogP contribution >= 0.6 is 0 Å². The standard InChI is InChI=1S/C27H39N3O3.C25H35N3O3.Na.H2O/c1-7-33-25(32)23-24(31)29(22-14-9-8-13-21(22)28-23)20-15-18-11-10-12-19(16-20)30(18)27(5,6)17-26(2,3)4;1-24(2,3)15-25(4,5)28-16-9-8-10-17(28)14-18(13-16)27-20-12-7-6-11-19(20)26-21(22(27)29)23(30)31;;/h8-9,13-14,18-20H,7,10-12,15-17H2,1-6H3;6-7,11-12,16-18H,8-10,13-15H2,1-5H3,(H,30,31);;1H2/q;;+1;/p-1/t18-,19+,20?;16-,17+,18?;;. The van der Waals surface area contributed by atoms with Gasteiger partial charge in [-0.1, -0.05) is 78.6 Å². The fourth-order valence-electron chi connectivity index (χ4n) is 13.4. The Morgan fingerprint density at radius 2 is 0.955 bits per heavy atom. The van der Waals surface area contributed by atoms with Crippen LogP contribution < -0.4 is 40.7 Å². The van der Waals surface area contributed by atoms with Gasteiger partial charge in [-0.2, -0.15) is 0 Å². The van der Waals surface area contributed by atoms with Gasteiger partial charge in [0.15, 0.2) is 0 Å². The molecule has 13 nitrogen and oxygen atoms in total. The van der Waals surface area contributed by atoms with Crippen LogP contribution in [0.1, 0.15) is 186 Å². The topological polar surface area (TPSA) is 170 Å². The Balaban J connectivity index is 0.000000241. The van der Waals surface area contributed by atoms with Crippen LogP contribution in [0.4, 0.5) is 0 Å². The average Bonchev–Trinajstić information content (AvgIpc) is 3.18. The quantitative estimate of drug-likeness (QED) is 0.135. The van der Waals surface area contributed by atoms with Crippen molar-refractivity contribution in [2.24, 2.45) is 10.8 Å². The summed E-state index contributed by atoms with van der Waals surface area (Å²) in [4.78, 5) is 65.1. The van der Waals surface area contributed by atoms with E-state index in [-0.39, 0.29) is 92.6 Å². The molecule has 356 valence electrons. The second-order valence-electron chi connectivity index (χ2n) is 22.9. The smallest absolute Gasteiger partial charge is 0.870 e. The molecule has 0 aliphatic carbocycles. The number of para-hydroxylation sites is 4. The van der Waals surface area contributed by atoms with Crippen LogP contribution in [0.25, 0.3) is 22.1 Å². The summed E-state index contributed by atoms with van der Waals surface area (Å²) in [5.41, 5.74) is 2.18. The van der Waals surface area contributed by atoms with Gasteiger partial charge in [0.05, 0.1) is 28.7 Å². The van der Waals surface area contributed by atoms with Gasteiger partial charge in [-0.25, -0.2) is 19.6 Å². The summed E-state index contributed by atoms with van der Waals surface area (Å²) in [6, 6.07) is 16.8. The fourth-order valence-corrected chi connectivity index (χ4v) is 13.4. The molecule has 0 spiro atoms. The summed E-state index contributed by atoms with van der Waals surface area (Å²) < 4.78 is 8.76. The van der Waals surface area contributed by atoms with Gasteiger partial charge < -0.3 is 24.5 Å². The molecule has 8 rings (SSSR count). The van der Waals surface area contributed by atoms with E-state index >= 15 is 0 Å². The molecule has 2 aromatic carbocycles.